The van der Waals surface area contributed by atoms with Crippen LogP contribution in [-0.4, -0.2) is 65.0 Å². The van der Waals surface area contributed by atoms with E-state index in [1.165, 1.54) is 49.5 Å². The Kier molecular flexibility index (Phi) is 11.7. The Morgan fingerprint density at radius 1 is 0.929 bits per heavy atom. The number of carbonyl (C=O) groups is 2. The molecule has 0 heterocycles. The molecule has 3 aromatic rings. The van der Waals surface area contributed by atoms with Crippen LogP contribution in [0, 0.1) is 5.82 Å². The number of sulfonamides is 1. The minimum absolute atomic E-state index is 0.0889. The lowest BCUT2D eigenvalue weighted by atomic mass is 10.1. The molecule has 9 nitrogen and oxygen atoms in total. The van der Waals surface area contributed by atoms with Crippen molar-refractivity contribution in [1.82, 2.24) is 10.2 Å². The fraction of sp³-hybridized carbons (Fsp3) is 0.355. The number of amides is 2. The Labute approximate surface area is 247 Å². The molecular weight excluding hydrogens is 561 g/mol. The van der Waals surface area contributed by atoms with E-state index in [0.29, 0.717) is 25.1 Å². The fourth-order valence-electron chi connectivity index (χ4n) is 4.50. The van der Waals surface area contributed by atoms with Crippen molar-refractivity contribution in [3.05, 3.63) is 84.2 Å². The van der Waals surface area contributed by atoms with E-state index in [1.807, 2.05) is 37.3 Å². The van der Waals surface area contributed by atoms with Crippen molar-refractivity contribution >= 4 is 27.5 Å². The van der Waals surface area contributed by atoms with Gasteiger partial charge >= 0.3 is 0 Å². The summed E-state index contributed by atoms with van der Waals surface area (Å²) in [6.07, 6.45) is 1.51. The van der Waals surface area contributed by atoms with E-state index in [0.717, 1.165) is 28.4 Å². The first-order chi connectivity index (χ1) is 20.2. The minimum atomic E-state index is -4.36. The van der Waals surface area contributed by atoms with Crippen molar-refractivity contribution in [1.29, 1.82) is 0 Å². The molecule has 0 aliphatic rings. The quantitative estimate of drug-likeness (QED) is 0.278. The maximum Gasteiger partial charge on any atom is 0.264 e. The van der Waals surface area contributed by atoms with Crippen LogP contribution in [0.5, 0.6) is 11.5 Å². The van der Waals surface area contributed by atoms with E-state index in [2.05, 4.69) is 5.32 Å². The van der Waals surface area contributed by atoms with Gasteiger partial charge in [-0.2, -0.15) is 0 Å². The monoisotopic (exact) mass is 599 g/mol. The Morgan fingerprint density at radius 3 is 2.19 bits per heavy atom. The molecule has 3 rings (SSSR count). The summed E-state index contributed by atoms with van der Waals surface area (Å²) in [5, 5.41) is 2.86. The molecule has 0 aliphatic carbocycles. The molecule has 226 valence electrons. The molecule has 0 saturated heterocycles. The number of methoxy groups -OCH3 is 2. The van der Waals surface area contributed by atoms with Crippen molar-refractivity contribution in [2.75, 3.05) is 38.2 Å². The van der Waals surface area contributed by atoms with E-state index in [1.54, 1.807) is 6.92 Å². The van der Waals surface area contributed by atoms with Crippen LogP contribution in [0.4, 0.5) is 10.1 Å². The van der Waals surface area contributed by atoms with Gasteiger partial charge in [-0.1, -0.05) is 44.2 Å². The predicted octanol–water partition coefficient (Wildman–Crippen LogP) is 4.41. The lowest BCUT2D eigenvalue weighted by Gasteiger charge is -2.33. The Morgan fingerprint density at radius 2 is 1.60 bits per heavy atom. The molecule has 11 heteroatoms. The average molecular weight is 600 g/mol. The van der Waals surface area contributed by atoms with E-state index >= 15 is 0 Å². The van der Waals surface area contributed by atoms with Crippen LogP contribution in [-0.2, 0) is 26.0 Å². The Bertz CT molecular complexity index is 1430. The normalized spacial score (nSPS) is 11.8. The van der Waals surface area contributed by atoms with Crippen LogP contribution in [0.3, 0.4) is 0 Å². The SMILES string of the molecule is CCCNC(=O)[C@H](CC)N(CCc1ccccc1)C(=O)CN(c1ccc(F)cc1)S(=O)(=O)c1ccc(OC)c(OC)c1. The third-order valence-electron chi connectivity index (χ3n) is 6.76. The second-order valence-electron chi connectivity index (χ2n) is 9.54. The van der Waals surface area contributed by atoms with E-state index in [4.69, 9.17) is 9.47 Å². The topological polar surface area (TPSA) is 105 Å². The molecule has 0 fully saturated rings. The number of nitrogens with one attached hydrogen (secondary N) is 1. The highest BCUT2D eigenvalue weighted by molar-refractivity contribution is 7.92. The van der Waals surface area contributed by atoms with Gasteiger partial charge in [0.15, 0.2) is 11.5 Å². The number of hydrogen-bond donors (Lipinski definition) is 1. The highest BCUT2D eigenvalue weighted by atomic mass is 32.2. The standard InChI is InChI=1S/C31H38FN3O6S/c1-5-19-33-31(37)27(6-2)34(20-18-23-10-8-7-9-11-23)30(36)22-35(25-14-12-24(32)13-15-25)42(38,39)26-16-17-28(40-3)29(21-26)41-4/h7-17,21,27H,5-6,18-20,22H2,1-4H3,(H,33,37)/t27-/m0/s1. The molecule has 0 saturated carbocycles. The molecule has 3 aromatic carbocycles. The van der Waals surface area contributed by atoms with Gasteiger partial charge < -0.3 is 19.7 Å². The first kappa shape index (κ1) is 32.4. The van der Waals surface area contributed by atoms with Crippen molar-refractivity contribution in [2.24, 2.45) is 0 Å². The number of hydrogen-bond acceptors (Lipinski definition) is 6. The number of ether oxygens (including phenoxy) is 2. The largest absolute Gasteiger partial charge is 0.493 e. The number of rotatable bonds is 15. The van der Waals surface area contributed by atoms with Gasteiger partial charge in [-0.25, -0.2) is 12.8 Å². The zero-order valence-electron chi connectivity index (χ0n) is 24.4. The lowest BCUT2D eigenvalue weighted by Crippen LogP contribution is -2.53. The summed E-state index contributed by atoms with van der Waals surface area (Å²) < 4.78 is 53.3. The number of carbonyl (C=O) groups excluding carboxylic acids is 2. The van der Waals surface area contributed by atoms with Gasteiger partial charge in [-0.15, -0.1) is 0 Å². The number of benzene rings is 3. The lowest BCUT2D eigenvalue weighted by molar-refractivity contribution is -0.139. The molecule has 0 aromatic heterocycles. The van der Waals surface area contributed by atoms with E-state index in [-0.39, 0.29) is 28.8 Å². The molecule has 0 radical (unpaired) electrons. The second-order valence-corrected chi connectivity index (χ2v) is 11.4. The zero-order chi connectivity index (χ0) is 30.7. The highest BCUT2D eigenvalue weighted by Crippen LogP contribution is 2.32. The summed E-state index contributed by atoms with van der Waals surface area (Å²) in [5.41, 5.74) is 1.05. The van der Waals surface area contributed by atoms with Gasteiger partial charge in [0.2, 0.25) is 11.8 Å². The van der Waals surface area contributed by atoms with Gasteiger partial charge in [0.25, 0.3) is 10.0 Å². The highest BCUT2D eigenvalue weighted by Gasteiger charge is 2.33. The summed E-state index contributed by atoms with van der Waals surface area (Å²) in [5.74, 6) is -0.921. The van der Waals surface area contributed by atoms with Crippen LogP contribution >= 0.6 is 0 Å². The van der Waals surface area contributed by atoms with Crippen molar-refractivity contribution in [2.45, 2.75) is 44.0 Å². The van der Waals surface area contributed by atoms with Gasteiger partial charge in [-0.05, 0) is 61.2 Å². The number of anilines is 1. The van der Waals surface area contributed by atoms with Crippen molar-refractivity contribution < 1.29 is 31.9 Å². The van der Waals surface area contributed by atoms with Crippen LogP contribution in [0.15, 0.2) is 77.7 Å². The molecular formula is C31H38FN3O6S. The van der Waals surface area contributed by atoms with Crippen molar-refractivity contribution in [3.8, 4) is 11.5 Å². The fourth-order valence-corrected chi connectivity index (χ4v) is 5.93. The number of halogens is 1. The third kappa shape index (κ3) is 8.00. The van der Waals surface area contributed by atoms with Crippen LogP contribution in [0.25, 0.3) is 0 Å². The summed E-state index contributed by atoms with van der Waals surface area (Å²) in [4.78, 5) is 28.4. The summed E-state index contributed by atoms with van der Waals surface area (Å²) in [7, 11) is -1.55. The van der Waals surface area contributed by atoms with Crippen molar-refractivity contribution in [3.63, 3.8) is 0 Å². The van der Waals surface area contributed by atoms with E-state index < -0.39 is 34.3 Å². The second kappa shape index (κ2) is 15.2. The average Bonchev–Trinajstić information content (AvgIpc) is 3.01. The third-order valence-corrected chi connectivity index (χ3v) is 8.53. The first-order valence-corrected chi connectivity index (χ1v) is 15.2. The molecule has 0 spiro atoms. The smallest absolute Gasteiger partial charge is 0.264 e. The molecule has 0 bridgehead atoms. The summed E-state index contributed by atoms with van der Waals surface area (Å²) >= 11 is 0. The van der Waals surface area contributed by atoms with Gasteiger partial charge in [0.1, 0.15) is 18.4 Å². The van der Waals surface area contributed by atoms with Crippen LogP contribution in [0.2, 0.25) is 0 Å². The Hall–Kier alpha value is -4.12. The molecule has 0 aliphatic heterocycles. The molecule has 1 atom stereocenters. The van der Waals surface area contributed by atoms with Crippen LogP contribution in [0.1, 0.15) is 32.3 Å². The molecule has 42 heavy (non-hydrogen) atoms. The van der Waals surface area contributed by atoms with Gasteiger partial charge in [0.05, 0.1) is 24.8 Å². The maximum absolute atomic E-state index is 14.0. The number of nitrogens with zero attached hydrogens (tertiary/aromatic N) is 2. The molecule has 2 amide bonds. The first-order valence-electron chi connectivity index (χ1n) is 13.8. The van der Waals surface area contributed by atoms with Gasteiger partial charge in [-0.3, -0.25) is 13.9 Å². The van der Waals surface area contributed by atoms with Gasteiger partial charge in [0, 0.05) is 19.2 Å². The maximum atomic E-state index is 14.0. The minimum Gasteiger partial charge on any atom is -0.493 e. The summed E-state index contributed by atoms with van der Waals surface area (Å²) in [6.45, 7) is 3.75. The van der Waals surface area contributed by atoms with E-state index in [9.17, 15) is 22.4 Å². The molecule has 1 N–H and O–H groups in total. The Balaban J connectivity index is 2.04. The van der Waals surface area contributed by atoms with Crippen LogP contribution < -0.4 is 19.1 Å². The zero-order valence-corrected chi connectivity index (χ0v) is 25.2. The predicted molar refractivity (Wildman–Crippen MR) is 160 cm³/mol. The summed E-state index contributed by atoms with van der Waals surface area (Å²) in [6, 6.07) is 17.6. The molecule has 0 unspecified atom stereocenters.